The van der Waals surface area contributed by atoms with Crippen LogP contribution in [0.1, 0.15) is 15.9 Å². The molecule has 1 N–H and O–H groups in total. The number of nitro benzene ring substituents is 1. The van der Waals surface area contributed by atoms with Crippen molar-refractivity contribution in [1.82, 2.24) is 5.43 Å². The van der Waals surface area contributed by atoms with Crippen molar-refractivity contribution in [2.45, 2.75) is 4.90 Å². The Morgan fingerprint density at radius 3 is 2.34 bits per heavy atom. The Bertz CT molecular complexity index is 1300. The lowest BCUT2D eigenvalue weighted by Crippen LogP contribution is -2.17. The second kappa shape index (κ2) is 9.90. The molecule has 0 aliphatic rings. The summed E-state index contributed by atoms with van der Waals surface area (Å²) < 4.78 is 30.3. The van der Waals surface area contributed by atoms with Gasteiger partial charge in [-0.05, 0) is 76.1 Å². The van der Waals surface area contributed by atoms with Gasteiger partial charge in [-0.3, -0.25) is 14.9 Å². The van der Waals surface area contributed by atoms with Gasteiger partial charge in [0.25, 0.3) is 11.6 Å². The SMILES string of the molecule is O=C(N/N=C\c1ccc(OS(=O)(=O)c2ccc([N+](=O)[O-])cc2)c(Br)c1)c1ccc(Cl)cc1. The van der Waals surface area contributed by atoms with Crippen molar-refractivity contribution in [2.75, 3.05) is 0 Å². The highest BCUT2D eigenvalue weighted by Crippen LogP contribution is 2.29. The zero-order valence-electron chi connectivity index (χ0n) is 15.9. The number of amides is 1. The average molecular weight is 539 g/mol. The molecule has 164 valence electrons. The van der Waals surface area contributed by atoms with Crippen LogP contribution in [0.25, 0.3) is 0 Å². The molecule has 0 bridgehead atoms. The predicted octanol–water partition coefficient (Wildman–Crippen LogP) is 4.54. The van der Waals surface area contributed by atoms with Crippen molar-refractivity contribution < 1.29 is 22.3 Å². The van der Waals surface area contributed by atoms with Gasteiger partial charge in [-0.15, -0.1) is 0 Å². The summed E-state index contributed by atoms with van der Waals surface area (Å²) in [7, 11) is -4.21. The third kappa shape index (κ3) is 5.90. The fourth-order valence-corrected chi connectivity index (χ4v) is 4.05. The van der Waals surface area contributed by atoms with Crippen molar-refractivity contribution >= 4 is 55.5 Å². The largest absolute Gasteiger partial charge is 0.378 e. The van der Waals surface area contributed by atoms with Crippen LogP contribution in [0.3, 0.4) is 0 Å². The summed E-state index contributed by atoms with van der Waals surface area (Å²) in [6, 6.07) is 15.1. The quantitative estimate of drug-likeness (QED) is 0.203. The summed E-state index contributed by atoms with van der Waals surface area (Å²) >= 11 is 9.01. The van der Waals surface area contributed by atoms with Crippen LogP contribution in [-0.2, 0) is 10.1 Å². The van der Waals surface area contributed by atoms with E-state index >= 15 is 0 Å². The Morgan fingerprint density at radius 1 is 1.09 bits per heavy atom. The van der Waals surface area contributed by atoms with E-state index in [0.29, 0.717) is 20.6 Å². The van der Waals surface area contributed by atoms with Crippen molar-refractivity contribution in [3.63, 3.8) is 0 Å². The van der Waals surface area contributed by atoms with Gasteiger partial charge in [0, 0.05) is 22.7 Å². The van der Waals surface area contributed by atoms with Crippen LogP contribution >= 0.6 is 27.5 Å². The fraction of sp³-hybridized carbons (Fsp3) is 0. The smallest absolute Gasteiger partial charge is 0.339 e. The zero-order chi connectivity index (χ0) is 23.3. The molecule has 0 radical (unpaired) electrons. The van der Waals surface area contributed by atoms with E-state index < -0.39 is 20.9 Å². The van der Waals surface area contributed by atoms with Crippen LogP contribution in [0.2, 0.25) is 5.02 Å². The van der Waals surface area contributed by atoms with Crippen molar-refractivity contribution in [1.29, 1.82) is 0 Å². The molecule has 0 aliphatic carbocycles. The summed E-state index contributed by atoms with van der Waals surface area (Å²) in [5.74, 6) is -0.420. The Kier molecular flexibility index (Phi) is 7.23. The van der Waals surface area contributed by atoms with Gasteiger partial charge in [-0.1, -0.05) is 11.6 Å². The number of hydrogen-bond donors (Lipinski definition) is 1. The van der Waals surface area contributed by atoms with Gasteiger partial charge in [0.05, 0.1) is 15.6 Å². The van der Waals surface area contributed by atoms with E-state index in [2.05, 4.69) is 26.5 Å². The van der Waals surface area contributed by atoms with Gasteiger partial charge in [0.15, 0.2) is 5.75 Å². The molecule has 0 unspecified atom stereocenters. The van der Waals surface area contributed by atoms with Crippen LogP contribution in [0.5, 0.6) is 5.75 Å². The summed E-state index contributed by atoms with van der Waals surface area (Å²) in [4.78, 5) is 21.9. The molecule has 0 aliphatic heterocycles. The van der Waals surface area contributed by atoms with Crippen molar-refractivity contribution in [2.24, 2.45) is 5.10 Å². The number of benzene rings is 3. The number of nitrogens with zero attached hydrogens (tertiary/aromatic N) is 2. The molecule has 32 heavy (non-hydrogen) atoms. The second-order valence-electron chi connectivity index (χ2n) is 6.18. The van der Waals surface area contributed by atoms with E-state index in [0.717, 1.165) is 24.3 Å². The minimum atomic E-state index is -4.21. The lowest BCUT2D eigenvalue weighted by Gasteiger charge is -2.09. The third-order valence-electron chi connectivity index (χ3n) is 3.98. The van der Waals surface area contributed by atoms with E-state index in [1.807, 2.05) is 0 Å². The van der Waals surface area contributed by atoms with Crippen LogP contribution < -0.4 is 9.61 Å². The molecule has 0 saturated heterocycles. The van der Waals surface area contributed by atoms with Gasteiger partial charge in [-0.25, -0.2) is 5.43 Å². The summed E-state index contributed by atoms with van der Waals surface area (Å²) in [6.45, 7) is 0. The topological polar surface area (TPSA) is 128 Å². The molecule has 3 aromatic rings. The van der Waals surface area contributed by atoms with Gasteiger partial charge < -0.3 is 4.18 Å². The van der Waals surface area contributed by atoms with Crippen LogP contribution in [-0.4, -0.2) is 25.5 Å². The highest BCUT2D eigenvalue weighted by atomic mass is 79.9. The molecule has 0 saturated carbocycles. The molecule has 0 aromatic heterocycles. The molecule has 0 atom stereocenters. The first kappa shape index (κ1) is 23.4. The minimum Gasteiger partial charge on any atom is -0.378 e. The van der Waals surface area contributed by atoms with Gasteiger partial charge in [-0.2, -0.15) is 13.5 Å². The van der Waals surface area contributed by atoms with Gasteiger partial charge in [0.1, 0.15) is 4.90 Å². The summed E-state index contributed by atoms with van der Waals surface area (Å²) in [5.41, 5.74) is 3.06. The zero-order valence-corrected chi connectivity index (χ0v) is 19.1. The maximum Gasteiger partial charge on any atom is 0.339 e. The number of rotatable bonds is 7. The molecule has 9 nitrogen and oxygen atoms in total. The Labute approximate surface area is 196 Å². The number of halogens is 2. The van der Waals surface area contributed by atoms with Crippen LogP contribution in [0, 0.1) is 10.1 Å². The third-order valence-corrected chi connectivity index (χ3v) is 6.10. The molecule has 1 amide bonds. The standard InChI is InChI=1S/C20H13BrClN3O6S/c21-18-11-13(12-23-24-20(26)14-2-4-15(22)5-3-14)1-10-19(18)31-32(29,30)17-8-6-16(7-9-17)25(27)28/h1-12H,(H,24,26)/b23-12-. The first-order chi connectivity index (χ1) is 15.2. The maximum atomic E-state index is 12.4. The molecule has 3 rings (SSSR count). The highest BCUT2D eigenvalue weighted by Gasteiger charge is 2.19. The number of non-ortho nitro benzene ring substituents is 1. The number of nitro groups is 1. The van der Waals surface area contributed by atoms with Gasteiger partial charge >= 0.3 is 10.1 Å². The lowest BCUT2D eigenvalue weighted by atomic mass is 10.2. The molecule has 12 heteroatoms. The molecule has 3 aromatic carbocycles. The molecular formula is C20H13BrClN3O6S. The monoisotopic (exact) mass is 537 g/mol. The summed E-state index contributed by atoms with van der Waals surface area (Å²) in [5, 5.41) is 15.1. The van der Waals surface area contributed by atoms with Crippen LogP contribution in [0.15, 0.2) is 81.2 Å². The molecule has 0 heterocycles. The Balaban J connectivity index is 1.67. The van der Waals surface area contributed by atoms with E-state index in [4.69, 9.17) is 15.8 Å². The van der Waals surface area contributed by atoms with Crippen molar-refractivity contribution in [3.8, 4) is 5.75 Å². The first-order valence-corrected chi connectivity index (χ1v) is 11.3. The lowest BCUT2D eigenvalue weighted by molar-refractivity contribution is -0.384. The highest BCUT2D eigenvalue weighted by molar-refractivity contribution is 9.10. The number of hydrogen-bond acceptors (Lipinski definition) is 7. The number of hydrazone groups is 1. The number of carbonyl (C=O) groups is 1. The van der Waals surface area contributed by atoms with E-state index in [9.17, 15) is 23.3 Å². The number of carbonyl (C=O) groups excluding carboxylic acids is 1. The maximum absolute atomic E-state index is 12.4. The molecular weight excluding hydrogens is 526 g/mol. The second-order valence-corrected chi connectivity index (χ2v) is 9.02. The van der Waals surface area contributed by atoms with Crippen LogP contribution in [0.4, 0.5) is 5.69 Å². The van der Waals surface area contributed by atoms with Crippen molar-refractivity contribution in [3.05, 3.63) is 97.5 Å². The molecule has 0 spiro atoms. The first-order valence-electron chi connectivity index (χ1n) is 8.73. The predicted molar refractivity (Wildman–Crippen MR) is 122 cm³/mol. The molecule has 0 fully saturated rings. The van der Waals surface area contributed by atoms with E-state index in [1.54, 1.807) is 30.3 Å². The van der Waals surface area contributed by atoms with E-state index in [-0.39, 0.29) is 16.3 Å². The van der Waals surface area contributed by atoms with E-state index in [1.165, 1.54) is 18.3 Å². The van der Waals surface area contributed by atoms with Gasteiger partial charge in [0.2, 0.25) is 0 Å². The fourth-order valence-electron chi connectivity index (χ4n) is 2.40. The summed E-state index contributed by atoms with van der Waals surface area (Å²) in [6.07, 6.45) is 1.37. The Morgan fingerprint density at radius 2 is 1.75 bits per heavy atom. The normalized spacial score (nSPS) is 11.3. The number of nitrogens with one attached hydrogen (secondary N) is 1. The Hall–Kier alpha value is -3.28. The minimum absolute atomic E-state index is 0.00528. The average Bonchev–Trinajstić information content (AvgIpc) is 2.76.